The molecule has 5 heteroatoms. The number of carbonyl (C=O) groups is 2. The molecule has 0 aromatic heterocycles. The van der Waals surface area contributed by atoms with E-state index in [0.717, 1.165) is 18.6 Å². The van der Waals surface area contributed by atoms with E-state index in [1.165, 1.54) is 0 Å². The van der Waals surface area contributed by atoms with Crippen LogP contribution in [-0.4, -0.2) is 46.0 Å². The number of carbonyl (C=O) groups excluding carboxylic acids is 1. The Balaban J connectivity index is 2.01. The molecular weight excluding hydrogens is 226 g/mol. The third-order valence-electron chi connectivity index (χ3n) is 3.66. The number of aliphatic carboxylic acids is 1. The first-order valence-electron chi connectivity index (χ1n) is 5.68. The highest BCUT2D eigenvalue weighted by molar-refractivity contribution is 7.98. The first-order chi connectivity index (χ1) is 7.65. The molecule has 90 valence electrons. The summed E-state index contributed by atoms with van der Waals surface area (Å²) < 4.78 is 0. The molecule has 0 saturated carbocycles. The Labute approximate surface area is 99.4 Å². The van der Waals surface area contributed by atoms with E-state index < -0.39 is 5.97 Å². The molecule has 16 heavy (non-hydrogen) atoms. The molecule has 2 saturated heterocycles. The number of carboxylic acids is 1. The van der Waals surface area contributed by atoms with Gasteiger partial charge in [0.05, 0.1) is 5.92 Å². The second kappa shape index (κ2) is 4.65. The number of carboxylic acid groups (broad SMARTS) is 1. The molecule has 2 aliphatic rings. The van der Waals surface area contributed by atoms with Gasteiger partial charge in [0.25, 0.3) is 0 Å². The van der Waals surface area contributed by atoms with E-state index in [0.29, 0.717) is 12.8 Å². The van der Waals surface area contributed by atoms with Crippen LogP contribution in [0.5, 0.6) is 0 Å². The van der Waals surface area contributed by atoms with E-state index in [1.54, 1.807) is 11.8 Å². The molecule has 2 aliphatic heterocycles. The lowest BCUT2D eigenvalue weighted by molar-refractivity contribution is -0.143. The maximum atomic E-state index is 12.0. The van der Waals surface area contributed by atoms with Crippen LogP contribution in [0.25, 0.3) is 0 Å². The minimum absolute atomic E-state index is 0.0307. The number of rotatable bonds is 4. The highest BCUT2D eigenvalue weighted by atomic mass is 32.2. The molecule has 4 nitrogen and oxygen atoms in total. The van der Waals surface area contributed by atoms with Gasteiger partial charge < -0.3 is 10.0 Å². The topological polar surface area (TPSA) is 57.6 Å². The van der Waals surface area contributed by atoms with Gasteiger partial charge in [0.2, 0.25) is 5.91 Å². The average molecular weight is 243 g/mol. The SMILES string of the molecule is CSCCC(=O)N1C2CCC1C(C(=O)O)C2. The lowest BCUT2D eigenvalue weighted by Gasteiger charge is -2.22. The predicted molar refractivity (Wildman–Crippen MR) is 62.4 cm³/mol. The van der Waals surface area contributed by atoms with E-state index >= 15 is 0 Å². The van der Waals surface area contributed by atoms with Crippen molar-refractivity contribution in [3.05, 3.63) is 0 Å². The Bertz CT molecular complexity index is 308. The summed E-state index contributed by atoms with van der Waals surface area (Å²) in [5.41, 5.74) is 0. The molecule has 0 aromatic rings. The summed E-state index contributed by atoms with van der Waals surface area (Å²) in [6.45, 7) is 0. The predicted octanol–water partition coefficient (Wildman–Crippen LogP) is 1.20. The fourth-order valence-electron chi connectivity index (χ4n) is 2.96. The normalized spacial score (nSPS) is 32.1. The van der Waals surface area contributed by atoms with Crippen molar-refractivity contribution in [3.63, 3.8) is 0 Å². The Kier molecular flexibility index (Phi) is 3.42. The quantitative estimate of drug-likeness (QED) is 0.806. The highest BCUT2D eigenvalue weighted by Gasteiger charge is 2.50. The molecule has 2 fully saturated rings. The zero-order valence-corrected chi connectivity index (χ0v) is 10.2. The van der Waals surface area contributed by atoms with Crippen molar-refractivity contribution in [2.75, 3.05) is 12.0 Å². The lowest BCUT2D eigenvalue weighted by atomic mass is 9.89. The summed E-state index contributed by atoms with van der Waals surface area (Å²) in [5, 5.41) is 9.07. The van der Waals surface area contributed by atoms with Gasteiger partial charge in [0, 0.05) is 24.3 Å². The van der Waals surface area contributed by atoms with Crippen molar-refractivity contribution in [2.45, 2.75) is 37.8 Å². The van der Waals surface area contributed by atoms with Crippen LogP contribution in [0, 0.1) is 5.92 Å². The summed E-state index contributed by atoms with van der Waals surface area (Å²) in [6, 6.07) is 0.164. The van der Waals surface area contributed by atoms with E-state index in [4.69, 9.17) is 5.11 Å². The zero-order valence-electron chi connectivity index (χ0n) is 9.39. The molecular formula is C11H17NO3S. The highest BCUT2D eigenvalue weighted by Crippen LogP contribution is 2.42. The van der Waals surface area contributed by atoms with Gasteiger partial charge in [0.1, 0.15) is 0 Å². The van der Waals surface area contributed by atoms with Crippen molar-refractivity contribution in [1.29, 1.82) is 0 Å². The molecule has 0 aliphatic carbocycles. The smallest absolute Gasteiger partial charge is 0.308 e. The zero-order chi connectivity index (χ0) is 11.7. The van der Waals surface area contributed by atoms with Crippen LogP contribution in [0.1, 0.15) is 25.7 Å². The molecule has 2 rings (SSSR count). The fourth-order valence-corrected chi connectivity index (χ4v) is 3.34. The number of hydrogen-bond acceptors (Lipinski definition) is 3. The van der Waals surface area contributed by atoms with Gasteiger partial charge in [-0.15, -0.1) is 0 Å². The van der Waals surface area contributed by atoms with Crippen LogP contribution in [0.2, 0.25) is 0 Å². The van der Waals surface area contributed by atoms with Crippen LogP contribution in [-0.2, 0) is 9.59 Å². The maximum absolute atomic E-state index is 12.0. The van der Waals surface area contributed by atoms with Crippen molar-refractivity contribution < 1.29 is 14.7 Å². The van der Waals surface area contributed by atoms with Crippen molar-refractivity contribution in [3.8, 4) is 0 Å². The summed E-state index contributed by atoms with van der Waals surface area (Å²) in [5.74, 6) is -0.0931. The number of hydrogen-bond donors (Lipinski definition) is 1. The third-order valence-corrected chi connectivity index (χ3v) is 4.27. The van der Waals surface area contributed by atoms with Gasteiger partial charge in [-0.3, -0.25) is 9.59 Å². The molecule has 1 N–H and O–H groups in total. The molecule has 3 unspecified atom stereocenters. The van der Waals surface area contributed by atoms with Crippen molar-refractivity contribution >= 4 is 23.6 Å². The van der Waals surface area contributed by atoms with Crippen molar-refractivity contribution in [1.82, 2.24) is 4.90 Å². The Morgan fingerprint density at radius 2 is 2.19 bits per heavy atom. The van der Waals surface area contributed by atoms with Gasteiger partial charge in [-0.05, 0) is 25.5 Å². The van der Waals surface area contributed by atoms with Crippen LogP contribution in [0.3, 0.4) is 0 Å². The standard InChI is InChI=1S/C11H17NO3S/c1-16-5-4-10(13)12-7-2-3-9(12)8(6-7)11(14)15/h7-9H,2-6H2,1H3,(H,14,15). The fraction of sp³-hybridized carbons (Fsp3) is 0.818. The Morgan fingerprint density at radius 1 is 1.44 bits per heavy atom. The van der Waals surface area contributed by atoms with E-state index in [-0.39, 0.29) is 23.9 Å². The minimum atomic E-state index is -0.741. The molecule has 2 heterocycles. The van der Waals surface area contributed by atoms with E-state index in [2.05, 4.69) is 0 Å². The number of thioether (sulfide) groups is 1. The molecule has 0 radical (unpaired) electrons. The van der Waals surface area contributed by atoms with Crippen LogP contribution < -0.4 is 0 Å². The number of nitrogens with zero attached hydrogens (tertiary/aromatic N) is 1. The molecule has 0 aromatic carbocycles. The molecule has 2 bridgehead atoms. The summed E-state index contributed by atoms with van der Waals surface area (Å²) in [6.07, 6.45) is 5.03. The van der Waals surface area contributed by atoms with Gasteiger partial charge in [-0.1, -0.05) is 0 Å². The van der Waals surface area contributed by atoms with Gasteiger partial charge in [-0.25, -0.2) is 0 Å². The molecule has 0 spiro atoms. The monoisotopic (exact) mass is 243 g/mol. The first kappa shape index (κ1) is 11.8. The Morgan fingerprint density at radius 3 is 2.75 bits per heavy atom. The van der Waals surface area contributed by atoms with Gasteiger partial charge in [-0.2, -0.15) is 11.8 Å². The molecule has 1 amide bonds. The van der Waals surface area contributed by atoms with Crippen LogP contribution >= 0.6 is 11.8 Å². The van der Waals surface area contributed by atoms with E-state index in [9.17, 15) is 9.59 Å². The van der Waals surface area contributed by atoms with Gasteiger partial charge in [0.15, 0.2) is 0 Å². The third kappa shape index (κ3) is 1.93. The van der Waals surface area contributed by atoms with Gasteiger partial charge >= 0.3 is 5.97 Å². The summed E-state index contributed by atoms with van der Waals surface area (Å²) in [4.78, 5) is 24.8. The lowest BCUT2D eigenvalue weighted by Crippen LogP contribution is -2.38. The largest absolute Gasteiger partial charge is 0.481 e. The molecule has 3 atom stereocenters. The second-order valence-corrected chi connectivity index (χ2v) is 5.51. The average Bonchev–Trinajstić information content (AvgIpc) is 2.82. The number of amides is 1. The van der Waals surface area contributed by atoms with Crippen LogP contribution in [0.15, 0.2) is 0 Å². The summed E-state index contributed by atoms with van der Waals surface area (Å²) >= 11 is 1.65. The van der Waals surface area contributed by atoms with Crippen molar-refractivity contribution in [2.24, 2.45) is 5.92 Å². The second-order valence-electron chi connectivity index (χ2n) is 4.52. The Hall–Kier alpha value is -0.710. The summed E-state index contributed by atoms with van der Waals surface area (Å²) in [7, 11) is 0. The van der Waals surface area contributed by atoms with Crippen LogP contribution in [0.4, 0.5) is 0 Å². The van der Waals surface area contributed by atoms with E-state index in [1.807, 2.05) is 11.2 Å². The first-order valence-corrected chi connectivity index (χ1v) is 7.07. The maximum Gasteiger partial charge on any atom is 0.308 e. The number of fused-ring (bicyclic) bond motifs is 2. The minimum Gasteiger partial charge on any atom is -0.481 e.